The van der Waals surface area contributed by atoms with Crippen LogP contribution in [0.25, 0.3) is 22.5 Å². The smallest absolute Gasteiger partial charge is 0.180 e. The quantitative estimate of drug-likeness (QED) is 0.277. The summed E-state index contributed by atoms with van der Waals surface area (Å²) in [6, 6.07) is 27.2. The van der Waals surface area contributed by atoms with Gasteiger partial charge in [-0.2, -0.15) is 5.10 Å². The normalized spacial score (nSPS) is 11.1. The summed E-state index contributed by atoms with van der Waals surface area (Å²) in [4.78, 5) is 4.91. The standard InChI is InChI=1S/C28H29N7/c1-2-3-5-14-27-29-26(19-21-10-6-4-7-11-21)32-35(27)20-22-15-17-23(18-16-22)24-12-8-9-13-25(24)28-30-33-34-31-28/h4,6-13,15-18H,2-3,5,14,19-20H2,1H3,(H,30,31,33,34). The molecule has 1 N–H and O–H groups in total. The van der Waals surface area contributed by atoms with Crippen molar-refractivity contribution in [3.63, 3.8) is 0 Å². The van der Waals surface area contributed by atoms with Crippen LogP contribution in [-0.2, 0) is 19.4 Å². The van der Waals surface area contributed by atoms with Crippen LogP contribution >= 0.6 is 0 Å². The van der Waals surface area contributed by atoms with Crippen LogP contribution in [0.4, 0.5) is 0 Å². The molecule has 0 bridgehead atoms. The van der Waals surface area contributed by atoms with Crippen molar-refractivity contribution in [2.75, 3.05) is 0 Å². The zero-order valence-corrected chi connectivity index (χ0v) is 19.9. The minimum atomic E-state index is 0.662. The van der Waals surface area contributed by atoms with Gasteiger partial charge in [0.2, 0.25) is 0 Å². The minimum absolute atomic E-state index is 0.662. The van der Waals surface area contributed by atoms with Crippen molar-refractivity contribution < 1.29 is 0 Å². The molecule has 7 nitrogen and oxygen atoms in total. The van der Waals surface area contributed by atoms with E-state index in [1.165, 1.54) is 24.0 Å². The van der Waals surface area contributed by atoms with Crippen molar-refractivity contribution in [1.82, 2.24) is 35.4 Å². The number of nitrogens with zero attached hydrogens (tertiary/aromatic N) is 6. The Balaban J connectivity index is 1.37. The van der Waals surface area contributed by atoms with Gasteiger partial charge in [-0.3, -0.25) is 0 Å². The minimum Gasteiger partial charge on any atom is -0.245 e. The first-order valence-electron chi connectivity index (χ1n) is 12.2. The Labute approximate surface area is 205 Å². The summed E-state index contributed by atoms with van der Waals surface area (Å²) in [6.07, 6.45) is 5.23. The molecule has 0 saturated heterocycles. The lowest BCUT2D eigenvalue weighted by Crippen LogP contribution is -2.07. The van der Waals surface area contributed by atoms with Crippen LogP contribution in [0, 0.1) is 0 Å². The van der Waals surface area contributed by atoms with Crippen molar-refractivity contribution in [2.45, 2.75) is 45.6 Å². The van der Waals surface area contributed by atoms with Crippen LogP contribution < -0.4 is 0 Å². The summed E-state index contributed by atoms with van der Waals surface area (Å²) < 4.78 is 2.08. The van der Waals surface area contributed by atoms with E-state index in [1.54, 1.807) is 0 Å². The SMILES string of the molecule is CCCCCc1nc(Cc2ccccc2)nn1Cc1ccc(-c2ccccc2-c2nnn[nH]2)cc1. The highest BCUT2D eigenvalue weighted by atomic mass is 15.5. The molecule has 0 unspecified atom stereocenters. The number of H-pyrrole nitrogens is 1. The molecule has 0 aliphatic heterocycles. The summed E-state index contributed by atoms with van der Waals surface area (Å²) in [5.74, 6) is 2.61. The maximum absolute atomic E-state index is 4.91. The average Bonchev–Trinajstić information content (AvgIpc) is 3.56. The van der Waals surface area contributed by atoms with E-state index in [2.05, 4.69) is 86.8 Å². The molecule has 0 saturated carbocycles. The van der Waals surface area contributed by atoms with E-state index in [0.29, 0.717) is 12.4 Å². The molecule has 7 heteroatoms. The number of nitrogens with one attached hydrogen (secondary N) is 1. The van der Waals surface area contributed by atoms with E-state index in [-0.39, 0.29) is 0 Å². The van der Waals surface area contributed by atoms with Gasteiger partial charge in [-0.1, -0.05) is 98.6 Å². The third-order valence-corrected chi connectivity index (χ3v) is 6.13. The van der Waals surface area contributed by atoms with Gasteiger partial charge in [0, 0.05) is 18.4 Å². The summed E-state index contributed by atoms with van der Waals surface area (Å²) in [5, 5.41) is 19.3. The Morgan fingerprint density at radius 2 is 1.57 bits per heavy atom. The van der Waals surface area contributed by atoms with Gasteiger partial charge in [0.05, 0.1) is 6.54 Å². The summed E-state index contributed by atoms with van der Waals surface area (Å²) in [6.45, 7) is 2.93. The van der Waals surface area contributed by atoms with E-state index in [9.17, 15) is 0 Å². The van der Waals surface area contributed by atoms with E-state index in [1.807, 2.05) is 24.3 Å². The molecule has 0 spiro atoms. The number of unbranched alkanes of at least 4 members (excludes halogenated alkanes) is 2. The van der Waals surface area contributed by atoms with Crippen LogP contribution in [0.3, 0.4) is 0 Å². The van der Waals surface area contributed by atoms with Crippen molar-refractivity contribution in [1.29, 1.82) is 0 Å². The van der Waals surface area contributed by atoms with Gasteiger partial charge in [-0.25, -0.2) is 14.8 Å². The van der Waals surface area contributed by atoms with Gasteiger partial charge < -0.3 is 0 Å². The molecule has 176 valence electrons. The van der Waals surface area contributed by atoms with Gasteiger partial charge in [0.15, 0.2) is 11.6 Å². The zero-order valence-electron chi connectivity index (χ0n) is 19.9. The molecule has 35 heavy (non-hydrogen) atoms. The van der Waals surface area contributed by atoms with E-state index in [4.69, 9.17) is 10.1 Å². The van der Waals surface area contributed by atoms with Crippen LogP contribution in [0.2, 0.25) is 0 Å². The Morgan fingerprint density at radius 3 is 2.31 bits per heavy atom. The summed E-state index contributed by atoms with van der Waals surface area (Å²) in [5.41, 5.74) is 5.61. The number of tetrazole rings is 1. The molecular formula is C28H29N7. The highest BCUT2D eigenvalue weighted by Gasteiger charge is 2.13. The van der Waals surface area contributed by atoms with Gasteiger partial charge in [0.1, 0.15) is 5.82 Å². The predicted molar refractivity (Wildman–Crippen MR) is 137 cm³/mol. The molecule has 0 amide bonds. The molecule has 0 atom stereocenters. The van der Waals surface area contributed by atoms with Crippen LogP contribution in [0.15, 0.2) is 78.9 Å². The maximum Gasteiger partial charge on any atom is 0.180 e. The van der Waals surface area contributed by atoms with Gasteiger partial charge in [-0.15, -0.1) is 5.10 Å². The molecule has 0 aliphatic rings. The van der Waals surface area contributed by atoms with Crippen molar-refractivity contribution in [3.8, 4) is 22.5 Å². The number of rotatable bonds is 10. The number of aryl methyl sites for hydroxylation is 1. The molecular weight excluding hydrogens is 434 g/mol. The average molecular weight is 464 g/mol. The second kappa shape index (κ2) is 10.9. The fourth-order valence-corrected chi connectivity index (χ4v) is 4.30. The molecule has 0 fully saturated rings. The Morgan fingerprint density at radius 1 is 0.800 bits per heavy atom. The van der Waals surface area contributed by atoms with E-state index < -0.39 is 0 Å². The number of hydrogen-bond donors (Lipinski definition) is 1. The molecule has 0 aliphatic carbocycles. The number of aromatic nitrogens is 7. The maximum atomic E-state index is 4.91. The van der Waals surface area contributed by atoms with E-state index >= 15 is 0 Å². The Kier molecular flexibility index (Phi) is 7.03. The molecule has 3 aromatic carbocycles. The fraction of sp³-hybridized carbons (Fsp3) is 0.250. The predicted octanol–water partition coefficient (Wildman–Crippen LogP) is 5.50. The summed E-state index contributed by atoms with van der Waals surface area (Å²) in [7, 11) is 0. The largest absolute Gasteiger partial charge is 0.245 e. The van der Waals surface area contributed by atoms with Crippen LogP contribution in [-0.4, -0.2) is 35.4 Å². The third-order valence-electron chi connectivity index (χ3n) is 6.13. The monoisotopic (exact) mass is 463 g/mol. The lowest BCUT2D eigenvalue weighted by atomic mass is 9.98. The van der Waals surface area contributed by atoms with Gasteiger partial charge in [-0.05, 0) is 39.1 Å². The molecule has 0 radical (unpaired) electrons. The lowest BCUT2D eigenvalue weighted by molar-refractivity contribution is 0.605. The number of aromatic amines is 1. The number of benzene rings is 3. The first-order chi connectivity index (χ1) is 17.3. The molecule has 2 aromatic heterocycles. The first kappa shape index (κ1) is 22.7. The highest BCUT2D eigenvalue weighted by molar-refractivity contribution is 5.80. The first-order valence-corrected chi connectivity index (χ1v) is 12.2. The molecule has 5 rings (SSSR count). The highest BCUT2D eigenvalue weighted by Crippen LogP contribution is 2.29. The van der Waals surface area contributed by atoms with Crippen molar-refractivity contribution in [3.05, 3.63) is 102 Å². The van der Waals surface area contributed by atoms with Gasteiger partial charge >= 0.3 is 0 Å². The topological polar surface area (TPSA) is 85.2 Å². The van der Waals surface area contributed by atoms with Gasteiger partial charge in [0.25, 0.3) is 0 Å². The fourth-order valence-electron chi connectivity index (χ4n) is 4.30. The lowest BCUT2D eigenvalue weighted by Gasteiger charge is -2.09. The Bertz CT molecular complexity index is 1340. The van der Waals surface area contributed by atoms with Crippen molar-refractivity contribution >= 4 is 0 Å². The molecule has 2 heterocycles. The van der Waals surface area contributed by atoms with Crippen molar-refractivity contribution in [2.24, 2.45) is 0 Å². The second-order valence-corrected chi connectivity index (χ2v) is 8.71. The third kappa shape index (κ3) is 5.51. The van der Waals surface area contributed by atoms with Crippen LogP contribution in [0.5, 0.6) is 0 Å². The zero-order chi connectivity index (χ0) is 23.9. The second-order valence-electron chi connectivity index (χ2n) is 8.71. The molecule has 5 aromatic rings. The Hall–Kier alpha value is -4.13. The number of hydrogen-bond acceptors (Lipinski definition) is 5. The summed E-state index contributed by atoms with van der Waals surface area (Å²) >= 11 is 0. The van der Waals surface area contributed by atoms with Crippen LogP contribution in [0.1, 0.15) is 49.0 Å². The van der Waals surface area contributed by atoms with E-state index in [0.717, 1.165) is 47.6 Å².